The lowest BCUT2D eigenvalue weighted by molar-refractivity contribution is -0.142. The quantitative estimate of drug-likeness (QED) is 0.360. The molecule has 0 spiro atoms. The van der Waals surface area contributed by atoms with Crippen LogP contribution in [0, 0.1) is 0 Å². The van der Waals surface area contributed by atoms with Crippen LogP contribution in [0.3, 0.4) is 0 Å². The van der Waals surface area contributed by atoms with Crippen LogP contribution >= 0.6 is 23.4 Å². The number of aromatic nitrogens is 3. The van der Waals surface area contributed by atoms with Crippen LogP contribution in [0.15, 0.2) is 28.2 Å². The number of carbonyl (C=O) groups excluding carboxylic acids is 2. The Morgan fingerprint density at radius 3 is 2.67 bits per heavy atom. The molecule has 0 saturated heterocycles. The molecule has 0 fully saturated rings. The summed E-state index contributed by atoms with van der Waals surface area (Å²) in [6.07, 6.45) is -5.02. The molecule has 2 rings (SSSR count). The Hall–Kier alpha value is -2.80. The highest BCUT2D eigenvalue weighted by atomic mass is 35.5. The molecule has 9 nitrogen and oxygen atoms in total. The fourth-order valence-electron chi connectivity index (χ4n) is 2.09. The SMILES string of the molecule is CCOC(=O)Cc1nnc(SCC(=O)Nc2cc(C(F)(F)F)ccc2Cl)n(N)c1=O. The van der Waals surface area contributed by atoms with Crippen molar-refractivity contribution < 1.29 is 27.5 Å². The third-order valence-electron chi connectivity index (χ3n) is 3.45. The molecule has 0 aliphatic rings. The number of esters is 1. The smallest absolute Gasteiger partial charge is 0.416 e. The van der Waals surface area contributed by atoms with Crippen LogP contribution in [0.1, 0.15) is 18.2 Å². The van der Waals surface area contributed by atoms with Crippen molar-refractivity contribution in [3.63, 3.8) is 0 Å². The Bertz CT molecular complexity index is 1020. The number of anilines is 1. The van der Waals surface area contributed by atoms with Crippen LogP contribution in [0.2, 0.25) is 5.02 Å². The van der Waals surface area contributed by atoms with Crippen molar-refractivity contribution in [3.8, 4) is 0 Å². The maximum Gasteiger partial charge on any atom is 0.416 e. The number of amides is 1. The maximum absolute atomic E-state index is 12.8. The van der Waals surface area contributed by atoms with Crippen LogP contribution in [0.25, 0.3) is 0 Å². The molecule has 2 aromatic rings. The summed E-state index contributed by atoms with van der Waals surface area (Å²) in [7, 11) is 0. The molecule has 1 heterocycles. The summed E-state index contributed by atoms with van der Waals surface area (Å²) in [6.45, 7) is 1.73. The average Bonchev–Trinajstić information content (AvgIpc) is 2.66. The van der Waals surface area contributed by atoms with Crippen molar-refractivity contribution in [1.29, 1.82) is 0 Å². The van der Waals surface area contributed by atoms with Crippen LogP contribution in [0.5, 0.6) is 0 Å². The highest BCUT2D eigenvalue weighted by Gasteiger charge is 2.31. The van der Waals surface area contributed by atoms with E-state index in [1.165, 1.54) is 0 Å². The van der Waals surface area contributed by atoms with Crippen molar-refractivity contribution >= 4 is 40.9 Å². The van der Waals surface area contributed by atoms with Crippen molar-refractivity contribution in [1.82, 2.24) is 14.9 Å². The zero-order valence-electron chi connectivity index (χ0n) is 15.3. The van der Waals surface area contributed by atoms with Crippen LogP contribution in [-0.2, 0) is 26.9 Å². The van der Waals surface area contributed by atoms with E-state index in [4.69, 9.17) is 22.2 Å². The molecule has 1 aromatic heterocycles. The fraction of sp³-hybridized carbons (Fsp3) is 0.312. The van der Waals surface area contributed by atoms with Crippen molar-refractivity contribution in [2.24, 2.45) is 0 Å². The number of benzene rings is 1. The Morgan fingerprint density at radius 1 is 1.33 bits per heavy atom. The molecular weight excluding hydrogens is 451 g/mol. The average molecular weight is 466 g/mol. The van der Waals surface area contributed by atoms with Gasteiger partial charge in [-0.2, -0.15) is 17.8 Å². The molecule has 3 N–H and O–H groups in total. The highest BCUT2D eigenvalue weighted by Crippen LogP contribution is 2.33. The van der Waals surface area contributed by atoms with Gasteiger partial charge >= 0.3 is 12.1 Å². The van der Waals surface area contributed by atoms with Gasteiger partial charge in [-0.25, -0.2) is 0 Å². The van der Waals surface area contributed by atoms with E-state index in [1.807, 2.05) is 0 Å². The number of nitrogens with two attached hydrogens (primary N) is 1. The largest absolute Gasteiger partial charge is 0.466 e. The van der Waals surface area contributed by atoms with Crippen LogP contribution < -0.4 is 16.7 Å². The fourth-order valence-corrected chi connectivity index (χ4v) is 2.91. The minimum absolute atomic E-state index is 0.0832. The van der Waals surface area contributed by atoms with Crippen LogP contribution in [0.4, 0.5) is 18.9 Å². The van der Waals surface area contributed by atoms with Crippen molar-refractivity contribution in [2.45, 2.75) is 24.7 Å². The van der Waals surface area contributed by atoms with Crippen LogP contribution in [-0.4, -0.2) is 39.1 Å². The monoisotopic (exact) mass is 465 g/mol. The van der Waals surface area contributed by atoms with Gasteiger partial charge in [0.1, 0.15) is 5.69 Å². The summed E-state index contributed by atoms with van der Waals surface area (Å²) >= 11 is 6.53. The molecule has 0 saturated carbocycles. The summed E-state index contributed by atoms with van der Waals surface area (Å²) in [5.74, 6) is 3.87. The summed E-state index contributed by atoms with van der Waals surface area (Å²) in [5, 5.41) is 9.32. The molecule has 0 aliphatic carbocycles. The minimum atomic E-state index is -4.60. The minimum Gasteiger partial charge on any atom is -0.466 e. The number of alkyl halides is 3. The lowest BCUT2D eigenvalue weighted by Crippen LogP contribution is -2.35. The number of nitrogens with zero attached hydrogens (tertiary/aromatic N) is 3. The molecule has 0 bridgehead atoms. The second-order valence-corrected chi connectivity index (χ2v) is 6.97. The number of rotatable bonds is 7. The molecule has 1 amide bonds. The number of carbonyl (C=O) groups is 2. The normalized spacial score (nSPS) is 11.2. The summed E-state index contributed by atoms with van der Waals surface area (Å²) in [4.78, 5) is 35.6. The molecule has 0 radical (unpaired) electrons. The molecular formula is C16H15ClF3N5O4S. The molecule has 0 aliphatic heterocycles. The van der Waals surface area contributed by atoms with Gasteiger partial charge < -0.3 is 15.9 Å². The first-order valence-electron chi connectivity index (χ1n) is 8.21. The number of thioether (sulfide) groups is 1. The summed E-state index contributed by atoms with van der Waals surface area (Å²) < 4.78 is 43.7. The Balaban J connectivity index is 2.06. The third kappa shape index (κ3) is 6.10. The Kier molecular flexibility index (Phi) is 7.67. The molecule has 0 atom stereocenters. The van der Waals surface area contributed by atoms with E-state index >= 15 is 0 Å². The van der Waals surface area contributed by atoms with Crippen molar-refractivity contribution in [3.05, 3.63) is 44.8 Å². The van der Waals surface area contributed by atoms with Gasteiger partial charge in [0.2, 0.25) is 11.1 Å². The zero-order chi connectivity index (χ0) is 22.5. The van der Waals surface area contributed by atoms with Gasteiger partial charge in [-0.3, -0.25) is 14.4 Å². The second-order valence-electron chi connectivity index (χ2n) is 5.62. The standard InChI is InChI=1S/C16H15ClF3N5O4S/c1-2-29-13(27)6-11-14(28)25(21)15(24-23-11)30-7-12(26)22-10-5-8(16(18,19)20)3-4-9(10)17/h3-5H,2,6-7,21H2,1H3,(H,22,26). The van der Waals surface area contributed by atoms with Gasteiger partial charge in [0.15, 0.2) is 0 Å². The lowest BCUT2D eigenvalue weighted by Gasteiger charge is -2.12. The predicted octanol–water partition coefficient (Wildman–Crippen LogP) is 1.86. The number of halogens is 4. The first-order valence-corrected chi connectivity index (χ1v) is 9.58. The number of nitrogens with one attached hydrogen (secondary N) is 1. The van der Waals surface area contributed by atoms with E-state index in [0.29, 0.717) is 22.5 Å². The molecule has 0 unspecified atom stereocenters. The van der Waals surface area contributed by atoms with E-state index in [-0.39, 0.29) is 33.9 Å². The van der Waals surface area contributed by atoms with E-state index < -0.39 is 35.6 Å². The third-order valence-corrected chi connectivity index (χ3v) is 4.72. The van der Waals surface area contributed by atoms with Gasteiger partial charge in [-0.05, 0) is 25.1 Å². The lowest BCUT2D eigenvalue weighted by atomic mass is 10.2. The van der Waals surface area contributed by atoms with Crippen molar-refractivity contribution in [2.75, 3.05) is 23.5 Å². The molecule has 162 valence electrons. The highest BCUT2D eigenvalue weighted by molar-refractivity contribution is 7.99. The molecule has 1 aromatic carbocycles. The van der Waals surface area contributed by atoms with Gasteiger partial charge in [0, 0.05) is 0 Å². The van der Waals surface area contributed by atoms with E-state index in [1.54, 1.807) is 6.92 Å². The first-order chi connectivity index (χ1) is 14.0. The van der Waals surface area contributed by atoms with Gasteiger partial charge in [0.25, 0.3) is 5.56 Å². The Labute approximate surface area is 176 Å². The van der Waals surface area contributed by atoms with Gasteiger partial charge in [0.05, 0.1) is 35.1 Å². The van der Waals surface area contributed by atoms with E-state index in [0.717, 1.165) is 12.1 Å². The van der Waals surface area contributed by atoms with Gasteiger partial charge in [-0.1, -0.05) is 23.4 Å². The van der Waals surface area contributed by atoms with E-state index in [2.05, 4.69) is 15.5 Å². The van der Waals surface area contributed by atoms with E-state index in [9.17, 15) is 27.6 Å². The topological polar surface area (TPSA) is 129 Å². The Morgan fingerprint density at radius 2 is 2.03 bits per heavy atom. The maximum atomic E-state index is 12.8. The van der Waals surface area contributed by atoms with Gasteiger partial charge in [-0.15, -0.1) is 10.2 Å². The number of hydrogen-bond acceptors (Lipinski definition) is 8. The molecule has 30 heavy (non-hydrogen) atoms. The predicted molar refractivity (Wildman–Crippen MR) is 103 cm³/mol. The first kappa shape index (κ1) is 23.5. The number of nitrogen functional groups attached to an aromatic ring is 1. The zero-order valence-corrected chi connectivity index (χ0v) is 16.9. The second kappa shape index (κ2) is 9.80. The summed E-state index contributed by atoms with van der Waals surface area (Å²) in [6, 6.07) is 2.50. The summed E-state index contributed by atoms with van der Waals surface area (Å²) in [5.41, 5.74) is -2.24. The molecule has 14 heteroatoms. The number of hydrogen-bond donors (Lipinski definition) is 2. The number of ether oxygens (including phenoxy) is 1.